The topological polar surface area (TPSA) is 68.2 Å². The van der Waals surface area contributed by atoms with Gasteiger partial charge in [0.25, 0.3) is 0 Å². The molecule has 2 aromatic carbocycles. The van der Waals surface area contributed by atoms with Crippen LogP contribution in [0.3, 0.4) is 0 Å². The van der Waals surface area contributed by atoms with Crippen LogP contribution >= 0.6 is 0 Å². The average Bonchev–Trinajstić information content (AvgIpc) is 3.05. The van der Waals surface area contributed by atoms with Crippen LogP contribution in [0.1, 0.15) is 12.0 Å². The van der Waals surface area contributed by atoms with Gasteiger partial charge in [-0.05, 0) is 25.5 Å². The number of hydrogen-bond donors (Lipinski definition) is 2. The molecule has 0 fully saturated rings. The molecule has 0 spiro atoms. The molecule has 0 atom stereocenters. The molecule has 0 aliphatic heterocycles. The number of aromatic nitrogens is 2. The van der Waals surface area contributed by atoms with Crippen molar-refractivity contribution in [2.24, 2.45) is 0 Å². The number of rotatable bonds is 8. The van der Waals surface area contributed by atoms with Crippen LogP contribution in [0.5, 0.6) is 0 Å². The summed E-state index contributed by atoms with van der Waals surface area (Å²) in [5.41, 5.74) is 4.31. The second kappa shape index (κ2) is 9.19. The van der Waals surface area contributed by atoms with E-state index in [4.69, 9.17) is 9.72 Å². The number of aryl methyl sites for hydroxylation is 1. The molecular weight excluding hydrogens is 340 g/mol. The van der Waals surface area contributed by atoms with Gasteiger partial charge in [0.2, 0.25) is 0 Å². The third-order valence-electron chi connectivity index (χ3n) is 4.40. The van der Waals surface area contributed by atoms with Gasteiger partial charge in [-0.2, -0.15) is 0 Å². The maximum absolute atomic E-state index is 11.9. The maximum atomic E-state index is 11.9. The van der Waals surface area contributed by atoms with Gasteiger partial charge in [-0.1, -0.05) is 42.0 Å². The number of carbonyl (C=O) groups is 1. The number of nitrogens with one attached hydrogen (secondary N) is 2. The summed E-state index contributed by atoms with van der Waals surface area (Å²) in [6.07, 6.45) is 0.799. The molecule has 3 rings (SSSR count). The molecule has 6 heteroatoms. The minimum absolute atomic E-state index is 0.160. The Morgan fingerprint density at radius 3 is 2.59 bits per heavy atom. The number of nitrogens with zero attached hydrogens (tertiary/aromatic N) is 2. The quantitative estimate of drug-likeness (QED) is 0.601. The second-order valence-corrected chi connectivity index (χ2v) is 6.47. The number of methoxy groups -OCH3 is 1. The number of ether oxygens (including phenoxy) is 1. The molecule has 2 amide bonds. The number of carbonyl (C=O) groups excluding carboxylic acids is 1. The van der Waals surface area contributed by atoms with Gasteiger partial charge in [-0.25, -0.2) is 9.78 Å². The van der Waals surface area contributed by atoms with Gasteiger partial charge in [0.15, 0.2) is 0 Å². The molecule has 2 N–H and O–H groups in total. The van der Waals surface area contributed by atoms with Crippen molar-refractivity contribution in [1.29, 1.82) is 0 Å². The second-order valence-electron chi connectivity index (χ2n) is 6.47. The van der Waals surface area contributed by atoms with Crippen LogP contribution < -0.4 is 10.6 Å². The van der Waals surface area contributed by atoms with E-state index in [1.54, 1.807) is 7.11 Å². The fourth-order valence-corrected chi connectivity index (χ4v) is 2.99. The number of hydrogen-bond acceptors (Lipinski definition) is 3. The summed E-state index contributed by atoms with van der Waals surface area (Å²) in [6, 6.07) is 16.3. The van der Waals surface area contributed by atoms with Crippen LogP contribution in [-0.2, 0) is 11.3 Å². The predicted octanol–water partition coefficient (Wildman–Crippen LogP) is 3.35. The van der Waals surface area contributed by atoms with E-state index in [0.717, 1.165) is 28.8 Å². The first kappa shape index (κ1) is 18.9. The van der Waals surface area contributed by atoms with Crippen molar-refractivity contribution >= 4 is 17.1 Å². The highest BCUT2D eigenvalue weighted by Crippen LogP contribution is 2.24. The van der Waals surface area contributed by atoms with Crippen molar-refractivity contribution in [2.45, 2.75) is 19.9 Å². The Morgan fingerprint density at radius 2 is 1.81 bits per heavy atom. The Bertz CT molecular complexity index is 887. The molecule has 142 valence electrons. The molecule has 1 heterocycles. The van der Waals surface area contributed by atoms with E-state index < -0.39 is 0 Å². The van der Waals surface area contributed by atoms with Crippen LogP contribution in [0.25, 0.3) is 22.4 Å². The predicted molar refractivity (Wildman–Crippen MR) is 108 cm³/mol. The highest BCUT2D eigenvalue weighted by atomic mass is 16.5. The van der Waals surface area contributed by atoms with Gasteiger partial charge in [-0.15, -0.1) is 0 Å². The number of amides is 2. The van der Waals surface area contributed by atoms with Gasteiger partial charge in [0.1, 0.15) is 5.82 Å². The summed E-state index contributed by atoms with van der Waals surface area (Å²) in [5.74, 6) is 0.915. The van der Waals surface area contributed by atoms with E-state index in [1.165, 1.54) is 5.56 Å². The fraction of sp³-hybridized carbons (Fsp3) is 0.333. The van der Waals surface area contributed by atoms with Gasteiger partial charge in [0, 0.05) is 38.9 Å². The molecular formula is C21H26N4O2. The van der Waals surface area contributed by atoms with E-state index in [2.05, 4.69) is 52.5 Å². The monoisotopic (exact) mass is 366 g/mol. The fourth-order valence-electron chi connectivity index (χ4n) is 2.99. The number of urea groups is 1. The molecule has 0 aliphatic rings. The van der Waals surface area contributed by atoms with Crippen molar-refractivity contribution in [3.05, 3.63) is 54.1 Å². The minimum atomic E-state index is -0.160. The number of benzene rings is 2. The van der Waals surface area contributed by atoms with Gasteiger partial charge in [-0.3, -0.25) is 0 Å². The zero-order valence-corrected chi connectivity index (χ0v) is 15.9. The largest absolute Gasteiger partial charge is 0.385 e. The third kappa shape index (κ3) is 4.86. The highest BCUT2D eigenvalue weighted by molar-refractivity contribution is 5.80. The summed E-state index contributed by atoms with van der Waals surface area (Å²) in [5, 5.41) is 5.74. The molecule has 0 radical (unpaired) electrons. The summed E-state index contributed by atoms with van der Waals surface area (Å²) >= 11 is 0. The Morgan fingerprint density at radius 1 is 1.07 bits per heavy atom. The molecule has 0 saturated carbocycles. The van der Waals surface area contributed by atoms with Crippen molar-refractivity contribution < 1.29 is 9.53 Å². The lowest BCUT2D eigenvalue weighted by molar-refractivity contribution is 0.193. The highest BCUT2D eigenvalue weighted by Gasteiger charge is 2.12. The Balaban J connectivity index is 1.70. The molecule has 3 aromatic rings. The molecule has 6 nitrogen and oxygen atoms in total. The summed E-state index contributed by atoms with van der Waals surface area (Å²) < 4.78 is 7.13. The average molecular weight is 366 g/mol. The Kier molecular flexibility index (Phi) is 6.44. The van der Waals surface area contributed by atoms with Crippen molar-refractivity contribution in [3.8, 4) is 11.4 Å². The zero-order chi connectivity index (χ0) is 19.1. The van der Waals surface area contributed by atoms with Crippen LogP contribution in [0, 0.1) is 6.92 Å². The number of para-hydroxylation sites is 2. The Hall–Kier alpha value is -2.86. The van der Waals surface area contributed by atoms with Crippen LogP contribution in [0.15, 0.2) is 48.5 Å². The van der Waals surface area contributed by atoms with Crippen LogP contribution in [0.2, 0.25) is 0 Å². The lowest BCUT2D eigenvalue weighted by Gasteiger charge is -2.11. The number of imidazole rings is 1. The molecule has 0 saturated heterocycles. The number of fused-ring (bicyclic) bond motifs is 1. The van der Waals surface area contributed by atoms with Crippen molar-refractivity contribution in [3.63, 3.8) is 0 Å². The minimum Gasteiger partial charge on any atom is -0.385 e. The SMILES string of the molecule is COCCCNC(=O)NCCn1c(-c2ccc(C)cc2)nc2ccccc21. The van der Waals surface area contributed by atoms with Crippen molar-refractivity contribution in [1.82, 2.24) is 20.2 Å². The smallest absolute Gasteiger partial charge is 0.314 e. The standard InChI is InChI=1S/C21H26N4O2/c1-16-8-10-17(11-9-16)20-24-18-6-3-4-7-19(18)25(20)14-13-23-21(26)22-12-5-15-27-2/h3-4,6-11H,5,12-15H2,1-2H3,(H2,22,23,26). The van der Waals surface area contributed by atoms with E-state index in [0.29, 0.717) is 26.2 Å². The molecule has 27 heavy (non-hydrogen) atoms. The molecule has 0 aliphatic carbocycles. The van der Waals surface area contributed by atoms with E-state index in [-0.39, 0.29) is 6.03 Å². The van der Waals surface area contributed by atoms with Gasteiger partial charge < -0.3 is 19.9 Å². The summed E-state index contributed by atoms with van der Waals surface area (Å²) in [4.78, 5) is 16.7. The van der Waals surface area contributed by atoms with Crippen molar-refractivity contribution in [2.75, 3.05) is 26.8 Å². The zero-order valence-electron chi connectivity index (χ0n) is 15.9. The first-order valence-electron chi connectivity index (χ1n) is 9.22. The lowest BCUT2D eigenvalue weighted by Crippen LogP contribution is -2.37. The molecule has 0 unspecified atom stereocenters. The normalized spacial score (nSPS) is 10.9. The van der Waals surface area contributed by atoms with Crippen LogP contribution in [-0.4, -0.2) is 42.4 Å². The Labute approximate surface area is 159 Å². The molecule has 1 aromatic heterocycles. The van der Waals surface area contributed by atoms with Gasteiger partial charge >= 0.3 is 6.03 Å². The summed E-state index contributed by atoms with van der Waals surface area (Å²) in [7, 11) is 1.65. The molecule has 0 bridgehead atoms. The van der Waals surface area contributed by atoms with Gasteiger partial charge in [0.05, 0.1) is 11.0 Å². The summed E-state index contributed by atoms with van der Waals surface area (Å²) in [6.45, 7) is 4.48. The van der Waals surface area contributed by atoms with E-state index >= 15 is 0 Å². The first-order chi connectivity index (χ1) is 13.2. The van der Waals surface area contributed by atoms with E-state index in [1.807, 2.05) is 18.2 Å². The van der Waals surface area contributed by atoms with E-state index in [9.17, 15) is 4.79 Å². The first-order valence-corrected chi connectivity index (χ1v) is 9.22. The van der Waals surface area contributed by atoms with Crippen LogP contribution in [0.4, 0.5) is 4.79 Å². The maximum Gasteiger partial charge on any atom is 0.314 e. The lowest BCUT2D eigenvalue weighted by atomic mass is 10.1. The third-order valence-corrected chi connectivity index (χ3v) is 4.40.